The van der Waals surface area contributed by atoms with Crippen LogP contribution in [0.3, 0.4) is 0 Å². The zero-order valence-electron chi connectivity index (χ0n) is 22.9. The number of aryl methyl sites for hydroxylation is 1. The maximum absolute atomic E-state index is 13.5. The smallest absolute Gasteiger partial charge is 0.242 e. The number of hydrogen-bond acceptors (Lipinski definition) is 5. The summed E-state index contributed by atoms with van der Waals surface area (Å²) >= 11 is 0. The van der Waals surface area contributed by atoms with E-state index in [9.17, 15) is 18.0 Å². The second-order valence-electron chi connectivity index (χ2n) is 9.71. The number of amides is 2. The molecule has 37 heavy (non-hydrogen) atoms. The highest BCUT2D eigenvalue weighted by molar-refractivity contribution is 7.92. The fourth-order valence-electron chi connectivity index (χ4n) is 4.12. The van der Waals surface area contributed by atoms with Crippen molar-refractivity contribution in [2.24, 2.45) is 5.92 Å². The summed E-state index contributed by atoms with van der Waals surface area (Å²) in [6.45, 7) is 8.89. The number of anilines is 1. The zero-order valence-corrected chi connectivity index (χ0v) is 23.7. The lowest BCUT2D eigenvalue weighted by molar-refractivity contribution is -0.141. The molecule has 0 aliphatic rings. The lowest BCUT2D eigenvalue weighted by Crippen LogP contribution is -2.49. The standard InChI is InChI=1S/C28H41N3O5S/c1-7-26(28(33)29-19-21(2)3)30(20-23-12-8-11-22(4)17-23)27(32)15-10-16-31(37(6,34)35)24-13-9-14-25(18-24)36-5/h8-9,11-14,17-18,21,26H,7,10,15-16,19-20H2,1-6H3,(H,29,33)/t26-/m0/s1. The number of carbonyl (C=O) groups is 2. The van der Waals surface area contributed by atoms with Gasteiger partial charge < -0.3 is 15.0 Å². The number of sulfonamides is 1. The number of benzene rings is 2. The molecule has 0 aromatic heterocycles. The van der Waals surface area contributed by atoms with Gasteiger partial charge in [-0.3, -0.25) is 13.9 Å². The second kappa shape index (κ2) is 14.0. The summed E-state index contributed by atoms with van der Waals surface area (Å²) in [6.07, 6.45) is 2.03. The molecule has 2 aromatic carbocycles. The minimum atomic E-state index is -3.58. The van der Waals surface area contributed by atoms with Crippen molar-refractivity contribution in [1.29, 1.82) is 0 Å². The van der Waals surface area contributed by atoms with Gasteiger partial charge in [0, 0.05) is 32.1 Å². The number of hydrogen-bond donors (Lipinski definition) is 1. The van der Waals surface area contributed by atoms with Crippen molar-refractivity contribution in [2.75, 3.05) is 30.8 Å². The van der Waals surface area contributed by atoms with Crippen molar-refractivity contribution in [3.8, 4) is 5.75 Å². The van der Waals surface area contributed by atoms with Crippen molar-refractivity contribution in [1.82, 2.24) is 10.2 Å². The molecule has 1 N–H and O–H groups in total. The molecule has 0 unspecified atom stereocenters. The Labute approximate surface area is 222 Å². The second-order valence-corrected chi connectivity index (χ2v) is 11.6. The van der Waals surface area contributed by atoms with Crippen LogP contribution in [0.2, 0.25) is 0 Å². The summed E-state index contributed by atoms with van der Waals surface area (Å²) in [5.41, 5.74) is 2.49. The van der Waals surface area contributed by atoms with Gasteiger partial charge in [-0.25, -0.2) is 8.42 Å². The van der Waals surface area contributed by atoms with Crippen molar-refractivity contribution in [2.45, 2.75) is 59.5 Å². The molecule has 0 saturated carbocycles. The Kier molecular flexibility index (Phi) is 11.4. The summed E-state index contributed by atoms with van der Waals surface area (Å²) < 4.78 is 31.6. The van der Waals surface area contributed by atoms with E-state index in [2.05, 4.69) is 5.32 Å². The average Bonchev–Trinajstić information content (AvgIpc) is 2.84. The molecule has 0 heterocycles. The highest BCUT2D eigenvalue weighted by atomic mass is 32.2. The molecule has 2 rings (SSSR count). The largest absolute Gasteiger partial charge is 0.497 e. The topological polar surface area (TPSA) is 96.0 Å². The SMILES string of the molecule is CC[C@@H](C(=O)NCC(C)C)N(Cc1cccc(C)c1)C(=O)CCCN(c1cccc(OC)c1)S(C)(=O)=O. The first-order valence-electron chi connectivity index (χ1n) is 12.7. The molecule has 9 heteroatoms. The molecule has 0 saturated heterocycles. The zero-order chi connectivity index (χ0) is 27.6. The Hall–Kier alpha value is -3.07. The van der Waals surface area contributed by atoms with Crippen LogP contribution in [-0.2, 0) is 26.2 Å². The van der Waals surface area contributed by atoms with Gasteiger partial charge in [0.2, 0.25) is 21.8 Å². The number of nitrogens with one attached hydrogen (secondary N) is 1. The van der Waals surface area contributed by atoms with Crippen molar-refractivity contribution < 1.29 is 22.7 Å². The molecule has 2 amide bonds. The normalized spacial score (nSPS) is 12.2. The molecule has 0 aliphatic heterocycles. The third-order valence-corrected chi connectivity index (χ3v) is 7.19. The van der Waals surface area contributed by atoms with Gasteiger partial charge in [0.1, 0.15) is 11.8 Å². The minimum absolute atomic E-state index is 0.107. The van der Waals surface area contributed by atoms with E-state index in [1.165, 1.54) is 11.4 Å². The first kappa shape index (κ1) is 30.2. The first-order valence-corrected chi connectivity index (χ1v) is 14.6. The van der Waals surface area contributed by atoms with Crippen LogP contribution in [0.1, 0.15) is 51.2 Å². The monoisotopic (exact) mass is 531 g/mol. The highest BCUT2D eigenvalue weighted by Gasteiger charge is 2.29. The molecular formula is C28H41N3O5S. The van der Waals surface area contributed by atoms with E-state index in [1.54, 1.807) is 29.2 Å². The quantitative estimate of drug-likeness (QED) is 0.396. The van der Waals surface area contributed by atoms with Gasteiger partial charge in [-0.1, -0.05) is 56.7 Å². The molecule has 0 radical (unpaired) electrons. The fourth-order valence-corrected chi connectivity index (χ4v) is 5.08. The number of carbonyl (C=O) groups excluding carboxylic acids is 2. The molecule has 0 fully saturated rings. The predicted molar refractivity (Wildman–Crippen MR) is 148 cm³/mol. The van der Waals surface area contributed by atoms with Crippen LogP contribution in [0.5, 0.6) is 5.75 Å². The van der Waals surface area contributed by atoms with Gasteiger partial charge in [0.15, 0.2) is 0 Å². The maximum Gasteiger partial charge on any atom is 0.242 e. The van der Waals surface area contributed by atoms with E-state index in [-0.39, 0.29) is 24.8 Å². The van der Waals surface area contributed by atoms with Crippen molar-refractivity contribution in [3.05, 3.63) is 59.7 Å². The third kappa shape index (κ3) is 9.39. The molecule has 0 aliphatic carbocycles. The van der Waals surface area contributed by atoms with Crippen LogP contribution >= 0.6 is 0 Å². The molecule has 2 aromatic rings. The number of methoxy groups -OCH3 is 1. The van der Waals surface area contributed by atoms with Crippen LogP contribution in [0.4, 0.5) is 5.69 Å². The molecule has 1 atom stereocenters. The fraction of sp³-hybridized carbons (Fsp3) is 0.500. The average molecular weight is 532 g/mol. The van der Waals surface area contributed by atoms with Gasteiger partial charge in [-0.2, -0.15) is 0 Å². The molecule has 0 bridgehead atoms. The number of nitrogens with zero attached hydrogens (tertiary/aromatic N) is 2. The Balaban J connectivity index is 2.22. The molecular weight excluding hydrogens is 490 g/mol. The maximum atomic E-state index is 13.5. The van der Waals surface area contributed by atoms with E-state index in [4.69, 9.17) is 4.74 Å². The van der Waals surface area contributed by atoms with E-state index < -0.39 is 16.1 Å². The molecule has 204 valence electrons. The minimum Gasteiger partial charge on any atom is -0.497 e. The van der Waals surface area contributed by atoms with Gasteiger partial charge in [-0.15, -0.1) is 0 Å². The van der Waals surface area contributed by atoms with Crippen molar-refractivity contribution >= 4 is 27.5 Å². The Morgan fingerprint density at radius 2 is 1.78 bits per heavy atom. The lowest BCUT2D eigenvalue weighted by atomic mass is 10.1. The van der Waals surface area contributed by atoms with E-state index in [0.717, 1.165) is 17.4 Å². The van der Waals surface area contributed by atoms with Crippen molar-refractivity contribution in [3.63, 3.8) is 0 Å². The van der Waals surface area contributed by atoms with E-state index in [1.807, 2.05) is 52.0 Å². The Morgan fingerprint density at radius 3 is 2.38 bits per heavy atom. The lowest BCUT2D eigenvalue weighted by Gasteiger charge is -2.31. The summed E-state index contributed by atoms with van der Waals surface area (Å²) in [5.74, 6) is 0.476. The summed E-state index contributed by atoms with van der Waals surface area (Å²) in [4.78, 5) is 28.2. The summed E-state index contributed by atoms with van der Waals surface area (Å²) in [5, 5.41) is 2.96. The summed E-state index contributed by atoms with van der Waals surface area (Å²) in [6, 6.07) is 14.1. The van der Waals surface area contributed by atoms with Gasteiger partial charge >= 0.3 is 0 Å². The van der Waals surface area contributed by atoms with Gasteiger partial charge in [0.25, 0.3) is 0 Å². The van der Waals surface area contributed by atoms with Crippen LogP contribution in [0, 0.1) is 12.8 Å². The molecule has 8 nitrogen and oxygen atoms in total. The van der Waals surface area contributed by atoms with Gasteiger partial charge in [0.05, 0.1) is 19.1 Å². The van der Waals surface area contributed by atoms with Crippen LogP contribution in [-0.4, -0.2) is 57.6 Å². The van der Waals surface area contributed by atoms with Crippen LogP contribution in [0.15, 0.2) is 48.5 Å². The van der Waals surface area contributed by atoms with Crippen LogP contribution in [0.25, 0.3) is 0 Å². The van der Waals surface area contributed by atoms with E-state index in [0.29, 0.717) is 43.3 Å². The first-order chi connectivity index (χ1) is 17.5. The van der Waals surface area contributed by atoms with Crippen LogP contribution < -0.4 is 14.4 Å². The Bertz CT molecular complexity index is 1150. The number of ether oxygens (including phenoxy) is 1. The van der Waals surface area contributed by atoms with Gasteiger partial charge in [-0.05, 0) is 43.4 Å². The van der Waals surface area contributed by atoms with E-state index >= 15 is 0 Å². The number of rotatable bonds is 14. The third-order valence-electron chi connectivity index (χ3n) is 6.00. The summed E-state index contributed by atoms with van der Waals surface area (Å²) in [7, 11) is -2.05. The molecule has 0 spiro atoms. The highest BCUT2D eigenvalue weighted by Crippen LogP contribution is 2.24. The Morgan fingerprint density at radius 1 is 1.08 bits per heavy atom. The predicted octanol–water partition coefficient (Wildman–Crippen LogP) is 4.13.